The number of nitrogens with zero attached hydrogens (tertiary/aromatic N) is 12. The molecule has 6 saturated heterocycles. The van der Waals surface area contributed by atoms with E-state index in [0.29, 0.717) is 108 Å². The summed E-state index contributed by atoms with van der Waals surface area (Å²) in [5, 5.41) is 5.53. The van der Waals surface area contributed by atoms with Crippen LogP contribution >= 0.6 is 22.7 Å². The number of hydrogen-bond acceptors (Lipinski definition) is 32. The summed E-state index contributed by atoms with van der Waals surface area (Å²) >= 11 is 3.00. The van der Waals surface area contributed by atoms with E-state index >= 15 is 0 Å². The molecule has 6 atom stereocenters. The number of rotatable bonds is 30. The van der Waals surface area contributed by atoms with Gasteiger partial charge in [-0.2, -0.15) is 0 Å². The van der Waals surface area contributed by atoms with E-state index in [1.807, 2.05) is 177 Å². The second-order valence-electron chi connectivity index (χ2n) is 35.4. The number of ether oxygens (including phenoxy) is 12. The SMILES string of the molecule is Cc1cc(O[C@@H]2CCCOC2)cc(C(=O)Cc2ccccn2)n1.Cc1cc(O[C@@H]2CCCOC2)cc(C(=O)Cc2nc(C)cs2)n1.Cc1cc(O[C@H]2CCCOC2)cc(C(=O)Cc2ccccn2)n1.Cc1cc(O[C@H]2CCCOC2)cc(C(=O)Cc2nc(C)cs2)n1.Cc1ccc(CC(=O)c2cc(O[C@@H]3CCCOC3)cc(C)n2)nc1.Cc1ccc(CC(=O)c2cc(O[C@H]3CCCOC3)cc(C)n2)nc1. The molecular weight excluding hydrogens is 1820 g/mol. The van der Waals surface area contributed by atoms with Crippen molar-refractivity contribution in [3.05, 3.63) is 293 Å². The molecule has 6 aliphatic rings. The number of hydrogen-bond donors (Lipinski definition) is 0. The van der Waals surface area contributed by atoms with Gasteiger partial charge in [-0.15, -0.1) is 22.7 Å². The van der Waals surface area contributed by atoms with Crippen LogP contribution in [-0.2, 0) is 66.9 Å². The molecule has 0 N–H and O–H groups in total. The Hall–Kier alpha value is -12.7. The molecule has 0 unspecified atom stereocenters. The van der Waals surface area contributed by atoms with Crippen molar-refractivity contribution in [2.45, 2.75) is 221 Å². The Morgan fingerprint density at radius 1 is 0.271 bits per heavy atom. The number of aryl methyl sites for hydroxylation is 10. The first kappa shape index (κ1) is 105. The molecule has 0 saturated carbocycles. The second-order valence-corrected chi connectivity index (χ2v) is 37.3. The predicted octanol–water partition coefficient (Wildman–Crippen LogP) is 18.0. The van der Waals surface area contributed by atoms with E-state index in [4.69, 9.17) is 56.8 Å². The first-order valence-corrected chi connectivity index (χ1v) is 49.6. The Morgan fingerprint density at radius 2 is 0.500 bits per heavy atom. The first-order chi connectivity index (χ1) is 67.8. The van der Waals surface area contributed by atoms with Crippen molar-refractivity contribution in [3.8, 4) is 34.5 Å². The van der Waals surface area contributed by atoms with Crippen LogP contribution in [0.5, 0.6) is 34.5 Å². The lowest BCUT2D eigenvalue weighted by Crippen LogP contribution is -2.28. The molecule has 18 rings (SSSR count). The van der Waals surface area contributed by atoms with Gasteiger partial charge in [0.05, 0.1) is 78.2 Å². The third kappa shape index (κ3) is 35.6. The Kier molecular flexibility index (Phi) is 40.5. The summed E-state index contributed by atoms with van der Waals surface area (Å²) in [5.41, 5.74) is 14.2. The van der Waals surface area contributed by atoms with Crippen molar-refractivity contribution in [3.63, 3.8) is 0 Å². The third-order valence-corrected chi connectivity index (χ3v) is 24.5. The molecule has 140 heavy (non-hydrogen) atoms. The van der Waals surface area contributed by atoms with E-state index in [9.17, 15) is 28.8 Å². The zero-order chi connectivity index (χ0) is 98.5. The average molecular weight is 1940 g/mol. The van der Waals surface area contributed by atoms with Crippen molar-refractivity contribution >= 4 is 57.4 Å². The number of aromatic nitrogens is 12. The fraction of sp³-hybridized carbons (Fsp3) is 0.426. The maximum atomic E-state index is 12.5. The van der Waals surface area contributed by atoms with Crippen LogP contribution in [0.3, 0.4) is 0 Å². The van der Waals surface area contributed by atoms with Gasteiger partial charge in [0, 0.05) is 216 Å². The predicted molar refractivity (Wildman–Crippen MR) is 529 cm³/mol. The first-order valence-electron chi connectivity index (χ1n) is 47.8. The monoisotopic (exact) mass is 1940 g/mol. The highest BCUT2D eigenvalue weighted by molar-refractivity contribution is 7.10. The van der Waals surface area contributed by atoms with Crippen molar-refractivity contribution in [2.75, 3.05) is 79.3 Å². The average Bonchev–Trinajstić information content (AvgIpc) is 1.61. The minimum atomic E-state index is -0.0582. The number of carbonyl (C=O) groups is 6. The van der Waals surface area contributed by atoms with Gasteiger partial charge in [-0.05, 0) is 194 Å². The standard InChI is InChI=1S/2C19H22N2O3.2C18H20N2O3.2C17H20N2O3S/c2*1-13-5-6-15(20-11-13)9-19(22)18-10-17(8-14(2)21-18)24-16-4-3-7-23-12-16;2*1-13-9-16(23-15-6-4-8-22-12-15)11-17(20-13)18(21)10-14-5-2-3-7-19-14;2*1-11-6-14(22-13-4-3-5-21-9-13)7-15(18-11)16(20)8-17-19-12(2)10-23-17/h2*5-6,8,10-11,16H,3-4,7,9,12H2,1-2H3;2*2-3,5,7,9,11,15H,4,6,8,10,12H2,1H3;2*6-7,10,13H,3-5,8-9H2,1-2H3/t2*16-;2*15-;2*13-/m101010/s1. The summed E-state index contributed by atoms with van der Waals surface area (Å²) in [7, 11) is 0. The van der Waals surface area contributed by atoms with Crippen molar-refractivity contribution < 1.29 is 85.6 Å². The zero-order valence-corrected chi connectivity index (χ0v) is 83.0. The topological polar surface area (TPSA) is 368 Å². The van der Waals surface area contributed by atoms with Crippen LogP contribution in [0.4, 0.5) is 0 Å². The summed E-state index contributed by atoms with van der Waals surface area (Å²) in [6.07, 6.45) is 20.5. The summed E-state index contributed by atoms with van der Waals surface area (Å²) in [6.45, 7) is 27.3. The quantitative estimate of drug-likeness (QED) is 0.0377. The normalized spacial score (nSPS) is 17.7. The van der Waals surface area contributed by atoms with Gasteiger partial charge in [0.1, 0.15) is 115 Å². The molecule has 6 fully saturated rings. The Bertz CT molecular complexity index is 5650. The van der Waals surface area contributed by atoms with Gasteiger partial charge in [0.2, 0.25) is 0 Å². The third-order valence-electron chi connectivity index (χ3n) is 22.5. The number of Topliss-reactive ketones (excluding diaryl/α,β-unsaturated/α-hetero) is 6. The van der Waals surface area contributed by atoms with E-state index in [0.717, 1.165) is 206 Å². The highest BCUT2D eigenvalue weighted by Crippen LogP contribution is 2.29. The van der Waals surface area contributed by atoms with E-state index in [2.05, 4.69) is 59.8 Å². The molecule has 0 amide bonds. The Labute approximate surface area is 825 Å². The van der Waals surface area contributed by atoms with Gasteiger partial charge in [-0.3, -0.25) is 48.7 Å². The zero-order valence-electron chi connectivity index (χ0n) is 81.4. The number of pyridine rings is 10. The molecule has 0 aliphatic carbocycles. The maximum Gasteiger partial charge on any atom is 0.188 e. The number of carbonyl (C=O) groups excluding carboxylic acids is 6. The molecule has 12 aromatic heterocycles. The molecule has 30 nitrogen and oxygen atoms in total. The molecule has 18 heterocycles. The summed E-state index contributed by atoms with van der Waals surface area (Å²) in [6, 6.07) is 40.2. The lowest BCUT2D eigenvalue weighted by Gasteiger charge is -2.23. The van der Waals surface area contributed by atoms with Crippen LogP contribution in [-0.4, -0.2) is 210 Å². The van der Waals surface area contributed by atoms with Crippen LogP contribution < -0.4 is 28.4 Å². The Morgan fingerprint density at radius 3 is 0.686 bits per heavy atom. The summed E-state index contributed by atoms with van der Waals surface area (Å²) < 4.78 is 68.3. The van der Waals surface area contributed by atoms with Crippen LogP contribution in [0.15, 0.2) is 169 Å². The molecule has 0 spiro atoms. The molecule has 0 aromatic carbocycles. The van der Waals surface area contributed by atoms with Crippen molar-refractivity contribution in [1.82, 2.24) is 59.8 Å². The Balaban J connectivity index is 0.000000141. The fourth-order valence-electron chi connectivity index (χ4n) is 15.7. The van der Waals surface area contributed by atoms with E-state index in [-0.39, 0.29) is 110 Å². The molecule has 32 heteroatoms. The fourth-order valence-corrected chi connectivity index (χ4v) is 17.3. The lowest BCUT2D eigenvalue weighted by atomic mass is 10.1. The smallest absolute Gasteiger partial charge is 0.188 e. The van der Waals surface area contributed by atoms with E-state index in [1.165, 1.54) is 22.7 Å². The summed E-state index contributed by atoms with van der Waals surface area (Å²) in [5.74, 6) is 3.79. The highest BCUT2D eigenvalue weighted by Gasteiger charge is 2.27. The van der Waals surface area contributed by atoms with Gasteiger partial charge in [-0.25, -0.2) is 39.9 Å². The van der Waals surface area contributed by atoms with E-state index < -0.39 is 0 Å². The van der Waals surface area contributed by atoms with Gasteiger partial charge < -0.3 is 56.8 Å². The van der Waals surface area contributed by atoms with E-state index in [1.54, 1.807) is 61.2 Å². The number of ketones is 6. The van der Waals surface area contributed by atoms with Crippen LogP contribution in [0.2, 0.25) is 0 Å². The molecule has 12 aromatic rings. The minimum absolute atomic E-state index is 0.0344. The molecule has 0 bridgehead atoms. The number of thiazole rings is 2. The highest BCUT2D eigenvalue weighted by atomic mass is 32.1. The van der Waals surface area contributed by atoms with Crippen LogP contribution in [0.1, 0.15) is 229 Å². The van der Waals surface area contributed by atoms with Gasteiger partial charge >= 0.3 is 0 Å². The molecule has 6 aliphatic heterocycles. The molecule has 736 valence electrons. The van der Waals surface area contributed by atoms with Crippen molar-refractivity contribution in [1.29, 1.82) is 0 Å². The lowest BCUT2D eigenvalue weighted by molar-refractivity contribution is 0.00734. The van der Waals surface area contributed by atoms with Crippen LogP contribution in [0.25, 0.3) is 0 Å². The molecule has 0 radical (unpaired) electrons. The van der Waals surface area contributed by atoms with Gasteiger partial charge in [0.25, 0.3) is 0 Å². The second kappa shape index (κ2) is 54.2. The van der Waals surface area contributed by atoms with Crippen LogP contribution in [0, 0.1) is 69.2 Å². The maximum absolute atomic E-state index is 12.5. The summed E-state index contributed by atoms with van der Waals surface area (Å²) in [4.78, 5) is 126. The minimum Gasteiger partial charge on any atom is -0.488 e. The largest absolute Gasteiger partial charge is 0.488 e. The van der Waals surface area contributed by atoms with Crippen molar-refractivity contribution in [2.24, 2.45) is 0 Å². The van der Waals surface area contributed by atoms with Gasteiger partial charge in [0.15, 0.2) is 34.7 Å². The molecular formula is C108H124N12O18S2. The van der Waals surface area contributed by atoms with Gasteiger partial charge in [-0.1, -0.05) is 24.3 Å².